The molecule has 0 heterocycles. The predicted octanol–water partition coefficient (Wildman–Crippen LogP) is 19.2. The lowest BCUT2D eigenvalue weighted by atomic mass is 10.0. The van der Waals surface area contributed by atoms with Crippen molar-refractivity contribution in [2.75, 3.05) is 13.2 Å². The van der Waals surface area contributed by atoms with Gasteiger partial charge in [0.1, 0.15) is 0 Å². The van der Waals surface area contributed by atoms with E-state index in [2.05, 4.69) is 55.6 Å². The van der Waals surface area contributed by atoms with Gasteiger partial charge in [0.2, 0.25) is 5.91 Å². The van der Waals surface area contributed by atoms with Crippen LogP contribution in [-0.4, -0.2) is 47.4 Å². The second kappa shape index (κ2) is 58.6. The molecule has 0 saturated heterocycles. The van der Waals surface area contributed by atoms with Crippen molar-refractivity contribution in [3.8, 4) is 0 Å². The number of hydrogen-bond acceptors (Lipinski definition) is 5. The van der Waals surface area contributed by atoms with Crippen LogP contribution < -0.4 is 5.32 Å². The number of carbonyl (C=O) groups is 2. The zero-order valence-electron chi connectivity index (χ0n) is 46.3. The highest BCUT2D eigenvalue weighted by molar-refractivity contribution is 5.76. The van der Waals surface area contributed by atoms with Crippen molar-refractivity contribution in [1.82, 2.24) is 5.32 Å². The Labute approximate surface area is 430 Å². The quantitative estimate of drug-likeness (QED) is 0.0321. The van der Waals surface area contributed by atoms with Gasteiger partial charge in [0.05, 0.1) is 25.4 Å². The highest BCUT2D eigenvalue weighted by Crippen LogP contribution is 2.17. The fourth-order valence-corrected chi connectivity index (χ4v) is 9.42. The van der Waals surface area contributed by atoms with Crippen LogP contribution in [0.1, 0.15) is 328 Å². The molecule has 2 unspecified atom stereocenters. The Morgan fingerprint density at radius 3 is 1.16 bits per heavy atom. The summed E-state index contributed by atoms with van der Waals surface area (Å²) in [6.45, 7) is 4.89. The highest BCUT2D eigenvalue weighted by atomic mass is 16.5. The minimum Gasteiger partial charge on any atom is -0.466 e. The number of rotatable bonds is 57. The number of carbonyl (C=O) groups excluding carboxylic acids is 2. The van der Waals surface area contributed by atoms with E-state index in [1.165, 1.54) is 244 Å². The minimum absolute atomic E-state index is 0.00159. The van der Waals surface area contributed by atoms with Gasteiger partial charge in [-0.1, -0.05) is 275 Å². The third kappa shape index (κ3) is 55.2. The molecule has 0 aromatic carbocycles. The maximum Gasteiger partial charge on any atom is 0.305 e. The summed E-state index contributed by atoms with van der Waals surface area (Å²) in [6.07, 6.45) is 73.2. The van der Waals surface area contributed by atoms with Crippen molar-refractivity contribution >= 4 is 11.9 Å². The van der Waals surface area contributed by atoms with Crippen molar-refractivity contribution in [3.63, 3.8) is 0 Å². The van der Waals surface area contributed by atoms with Gasteiger partial charge >= 0.3 is 5.97 Å². The average Bonchev–Trinajstić information content (AvgIpc) is 3.35. The SMILES string of the molecule is CCCC/C=C\C/C=C\CCCCCCCC(=O)OCCCCCCCCCCCCCC/C=C\CCCCCCCCCCCCCCCC(=O)NC(CO)C(O)CCCCCCCCCCC. The van der Waals surface area contributed by atoms with Crippen molar-refractivity contribution < 1.29 is 24.5 Å². The van der Waals surface area contributed by atoms with Gasteiger partial charge in [0.15, 0.2) is 0 Å². The fraction of sp³-hybridized carbons (Fsp3) is 0.873. The summed E-state index contributed by atoms with van der Waals surface area (Å²) in [5.41, 5.74) is 0. The van der Waals surface area contributed by atoms with E-state index in [-0.39, 0.29) is 18.5 Å². The van der Waals surface area contributed by atoms with Crippen LogP contribution in [0.15, 0.2) is 36.5 Å². The van der Waals surface area contributed by atoms with Crippen molar-refractivity contribution in [1.29, 1.82) is 0 Å². The molecule has 69 heavy (non-hydrogen) atoms. The molecule has 0 bridgehead atoms. The van der Waals surface area contributed by atoms with Gasteiger partial charge in [0.25, 0.3) is 0 Å². The summed E-state index contributed by atoms with van der Waals surface area (Å²) < 4.78 is 5.47. The van der Waals surface area contributed by atoms with Crippen LogP contribution in [0.4, 0.5) is 0 Å². The number of amides is 1. The monoisotopic (exact) mass is 970 g/mol. The molecular weight excluding hydrogens is 851 g/mol. The van der Waals surface area contributed by atoms with Crippen LogP contribution in [-0.2, 0) is 14.3 Å². The van der Waals surface area contributed by atoms with Crippen LogP contribution in [0.3, 0.4) is 0 Å². The molecule has 0 aliphatic rings. The van der Waals surface area contributed by atoms with Gasteiger partial charge in [0, 0.05) is 12.8 Å². The lowest BCUT2D eigenvalue weighted by molar-refractivity contribution is -0.143. The molecule has 0 aliphatic carbocycles. The predicted molar refractivity (Wildman–Crippen MR) is 301 cm³/mol. The Morgan fingerprint density at radius 1 is 0.406 bits per heavy atom. The van der Waals surface area contributed by atoms with Gasteiger partial charge in [-0.2, -0.15) is 0 Å². The molecule has 1 amide bonds. The summed E-state index contributed by atoms with van der Waals surface area (Å²) in [7, 11) is 0. The Kier molecular flexibility index (Phi) is 57.0. The van der Waals surface area contributed by atoms with Crippen LogP contribution in [0, 0.1) is 0 Å². The van der Waals surface area contributed by atoms with E-state index in [4.69, 9.17) is 4.74 Å². The zero-order valence-corrected chi connectivity index (χ0v) is 46.3. The van der Waals surface area contributed by atoms with E-state index >= 15 is 0 Å². The molecule has 6 nitrogen and oxygen atoms in total. The molecule has 0 aliphatic heterocycles. The first kappa shape index (κ1) is 67.1. The van der Waals surface area contributed by atoms with Gasteiger partial charge in [-0.25, -0.2) is 0 Å². The molecule has 0 radical (unpaired) electrons. The van der Waals surface area contributed by atoms with E-state index in [1.807, 2.05) is 0 Å². The van der Waals surface area contributed by atoms with Gasteiger partial charge < -0.3 is 20.3 Å². The number of aliphatic hydroxyl groups is 2. The highest BCUT2D eigenvalue weighted by Gasteiger charge is 2.20. The number of aliphatic hydroxyl groups excluding tert-OH is 2. The minimum atomic E-state index is -0.661. The summed E-state index contributed by atoms with van der Waals surface area (Å²) in [6, 6.07) is -0.538. The van der Waals surface area contributed by atoms with Gasteiger partial charge in [-0.3, -0.25) is 9.59 Å². The molecule has 0 spiro atoms. The largest absolute Gasteiger partial charge is 0.466 e. The second-order valence-electron chi connectivity index (χ2n) is 21.0. The van der Waals surface area contributed by atoms with Gasteiger partial charge in [-0.15, -0.1) is 0 Å². The smallest absolute Gasteiger partial charge is 0.305 e. The zero-order chi connectivity index (χ0) is 50.0. The summed E-state index contributed by atoms with van der Waals surface area (Å²) >= 11 is 0. The maximum absolute atomic E-state index is 12.4. The van der Waals surface area contributed by atoms with Crippen LogP contribution in [0.5, 0.6) is 0 Å². The Bertz CT molecular complexity index is 1120. The van der Waals surface area contributed by atoms with Crippen molar-refractivity contribution in [3.05, 3.63) is 36.5 Å². The van der Waals surface area contributed by atoms with Gasteiger partial charge in [-0.05, 0) is 77.0 Å². The molecule has 0 saturated carbocycles. The summed E-state index contributed by atoms with van der Waals surface area (Å²) in [5, 5.41) is 23.1. The molecule has 0 aromatic heterocycles. The number of ether oxygens (including phenoxy) is 1. The fourth-order valence-electron chi connectivity index (χ4n) is 9.42. The lowest BCUT2D eigenvalue weighted by Crippen LogP contribution is -2.45. The molecule has 3 N–H and O–H groups in total. The molecule has 406 valence electrons. The number of nitrogens with one attached hydrogen (secondary N) is 1. The summed E-state index contributed by atoms with van der Waals surface area (Å²) in [4.78, 5) is 24.4. The normalized spacial score (nSPS) is 12.8. The van der Waals surface area contributed by atoms with Crippen molar-refractivity contribution in [2.24, 2.45) is 0 Å². The molecule has 0 fully saturated rings. The van der Waals surface area contributed by atoms with E-state index in [9.17, 15) is 19.8 Å². The van der Waals surface area contributed by atoms with E-state index < -0.39 is 12.1 Å². The number of hydrogen-bond donors (Lipinski definition) is 3. The molecule has 2 atom stereocenters. The average molecular weight is 971 g/mol. The first-order chi connectivity index (χ1) is 34.0. The lowest BCUT2D eigenvalue weighted by Gasteiger charge is -2.22. The number of unbranched alkanes of at least 4 members (excludes halogenated alkanes) is 40. The van der Waals surface area contributed by atoms with Crippen LogP contribution >= 0.6 is 0 Å². The maximum atomic E-state index is 12.4. The first-order valence-electron chi connectivity index (χ1n) is 30.7. The standard InChI is InChI=1S/C63H119NO5/c1-3-5-7-9-11-13-14-15-34-37-41-45-49-53-57-63(68)69-58-54-50-46-42-38-35-32-30-28-26-24-22-20-18-16-17-19-21-23-25-27-29-31-33-36-40-44-48-52-56-62(67)64-60(59-65)61(66)55-51-47-43-39-12-10-8-6-4-2/h9,11,14-16,18,60-61,65-66H,3-8,10,12-13,17,19-59H2,1-2H3,(H,64,67)/b11-9-,15-14-,18-16-. The van der Waals surface area contributed by atoms with E-state index in [0.717, 1.165) is 51.4 Å². The molecule has 0 aromatic rings. The van der Waals surface area contributed by atoms with Crippen molar-refractivity contribution in [2.45, 2.75) is 341 Å². The first-order valence-corrected chi connectivity index (χ1v) is 30.7. The molecule has 6 heteroatoms. The molecule has 0 rings (SSSR count). The second-order valence-corrected chi connectivity index (χ2v) is 21.0. The number of esters is 1. The van der Waals surface area contributed by atoms with Crippen LogP contribution in [0.2, 0.25) is 0 Å². The number of allylic oxidation sites excluding steroid dienone is 6. The van der Waals surface area contributed by atoms with E-state index in [1.54, 1.807) is 0 Å². The van der Waals surface area contributed by atoms with Crippen LogP contribution in [0.25, 0.3) is 0 Å². The third-order valence-corrected chi connectivity index (χ3v) is 14.2. The topological polar surface area (TPSA) is 95.9 Å². The molecular formula is C63H119NO5. The Balaban J connectivity index is 3.35. The van der Waals surface area contributed by atoms with E-state index in [0.29, 0.717) is 25.9 Å². The Morgan fingerprint density at radius 2 is 0.739 bits per heavy atom. The Hall–Kier alpha value is -1.92. The summed E-state index contributed by atoms with van der Waals surface area (Å²) in [5.74, 6) is -0.0345. The third-order valence-electron chi connectivity index (χ3n) is 14.2.